The standard InChI is InChI=1S/C13H13N/c1-4-11-8-12-9(2)5-6-14-13(12)7-10(11)3/h4-8H,1H2,2-3H3. The van der Waals surface area contributed by atoms with Gasteiger partial charge in [0.1, 0.15) is 0 Å². The van der Waals surface area contributed by atoms with E-state index in [1.807, 2.05) is 18.3 Å². The summed E-state index contributed by atoms with van der Waals surface area (Å²) in [6, 6.07) is 6.30. The van der Waals surface area contributed by atoms with E-state index in [9.17, 15) is 0 Å². The zero-order valence-corrected chi connectivity index (χ0v) is 8.54. The number of aromatic nitrogens is 1. The smallest absolute Gasteiger partial charge is 0.0707 e. The molecule has 0 saturated heterocycles. The lowest BCUT2D eigenvalue weighted by molar-refractivity contribution is 1.35. The van der Waals surface area contributed by atoms with E-state index >= 15 is 0 Å². The van der Waals surface area contributed by atoms with E-state index < -0.39 is 0 Å². The molecule has 0 N–H and O–H groups in total. The number of rotatable bonds is 1. The fraction of sp³-hybridized carbons (Fsp3) is 0.154. The van der Waals surface area contributed by atoms with Gasteiger partial charge in [0.15, 0.2) is 0 Å². The number of hydrogen-bond donors (Lipinski definition) is 0. The number of fused-ring (bicyclic) bond motifs is 1. The van der Waals surface area contributed by atoms with Crippen molar-refractivity contribution in [2.24, 2.45) is 0 Å². The highest BCUT2D eigenvalue weighted by atomic mass is 14.6. The first kappa shape index (κ1) is 8.95. The second-order valence-corrected chi connectivity index (χ2v) is 3.56. The highest BCUT2D eigenvalue weighted by Crippen LogP contribution is 2.21. The third kappa shape index (κ3) is 1.31. The second kappa shape index (κ2) is 3.26. The number of aryl methyl sites for hydroxylation is 2. The summed E-state index contributed by atoms with van der Waals surface area (Å²) in [7, 11) is 0. The van der Waals surface area contributed by atoms with E-state index in [2.05, 4.69) is 37.5 Å². The lowest BCUT2D eigenvalue weighted by atomic mass is 10.0. The minimum Gasteiger partial charge on any atom is -0.256 e. The quantitative estimate of drug-likeness (QED) is 0.659. The van der Waals surface area contributed by atoms with Gasteiger partial charge in [-0.25, -0.2) is 0 Å². The van der Waals surface area contributed by atoms with Gasteiger partial charge in [0.25, 0.3) is 0 Å². The van der Waals surface area contributed by atoms with Crippen molar-refractivity contribution in [3.8, 4) is 0 Å². The average molecular weight is 183 g/mol. The Morgan fingerprint density at radius 3 is 2.71 bits per heavy atom. The summed E-state index contributed by atoms with van der Waals surface area (Å²) in [5.74, 6) is 0. The predicted octanol–water partition coefficient (Wildman–Crippen LogP) is 3.49. The maximum atomic E-state index is 4.34. The Kier molecular flexibility index (Phi) is 2.08. The fourth-order valence-electron chi connectivity index (χ4n) is 1.67. The molecule has 0 unspecified atom stereocenters. The van der Waals surface area contributed by atoms with E-state index in [0.717, 1.165) is 5.52 Å². The molecule has 0 amide bonds. The minimum absolute atomic E-state index is 1.06. The van der Waals surface area contributed by atoms with Crippen LogP contribution in [0.4, 0.5) is 0 Å². The Morgan fingerprint density at radius 1 is 1.21 bits per heavy atom. The Hall–Kier alpha value is -1.63. The highest BCUT2D eigenvalue weighted by Gasteiger charge is 2.01. The van der Waals surface area contributed by atoms with Gasteiger partial charge in [0.05, 0.1) is 5.52 Å². The molecule has 1 heterocycles. The third-order valence-electron chi connectivity index (χ3n) is 2.57. The van der Waals surface area contributed by atoms with Crippen LogP contribution in [0.2, 0.25) is 0 Å². The Balaban J connectivity index is 2.86. The van der Waals surface area contributed by atoms with Crippen LogP contribution in [0.1, 0.15) is 16.7 Å². The van der Waals surface area contributed by atoms with Crippen molar-refractivity contribution in [3.05, 3.63) is 47.7 Å². The highest BCUT2D eigenvalue weighted by molar-refractivity contribution is 5.85. The van der Waals surface area contributed by atoms with Crippen molar-refractivity contribution in [3.63, 3.8) is 0 Å². The molecule has 0 atom stereocenters. The molecule has 1 aromatic heterocycles. The van der Waals surface area contributed by atoms with Crippen molar-refractivity contribution in [2.75, 3.05) is 0 Å². The number of benzene rings is 1. The van der Waals surface area contributed by atoms with Gasteiger partial charge in [-0.2, -0.15) is 0 Å². The topological polar surface area (TPSA) is 12.9 Å². The van der Waals surface area contributed by atoms with Crippen LogP contribution in [-0.2, 0) is 0 Å². The Morgan fingerprint density at radius 2 is 2.00 bits per heavy atom. The largest absolute Gasteiger partial charge is 0.256 e. The summed E-state index contributed by atoms with van der Waals surface area (Å²) in [6.45, 7) is 8.00. The second-order valence-electron chi connectivity index (χ2n) is 3.56. The van der Waals surface area contributed by atoms with Crippen molar-refractivity contribution in [2.45, 2.75) is 13.8 Å². The molecule has 14 heavy (non-hydrogen) atoms. The van der Waals surface area contributed by atoms with Crippen molar-refractivity contribution < 1.29 is 0 Å². The maximum Gasteiger partial charge on any atom is 0.0707 e. The molecule has 2 aromatic rings. The summed E-state index contributed by atoms with van der Waals surface area (Å²) >= 11 is 0. The van der Waals surface area contributed by atoms with Gasteiger partial charge < -0.3 is 0 Å². The molecular formula is C13H13N. The zero-order valence-electron chi connectivity index (χ0n) is 8.54. The summed E-state index contributed by atoms with van der Waals surface area (Å²) in [5.41, 5.74) is 4.74. The van der Waals surface area contributed by atoms with Crippen LogP contribution in [0, 0.1) is 13.8 Å². The van der Waals surface area contributed by atoms with Crippen LogP contribution in [-0.4, -0.2) is 4.98 Å². The fourth-order valence-corrected chi connectivity index (χ4v) is 1.67. The van der Waals surface area contributed by atoms with E-state index in [1.54, 1.807) is 0 Å². The molecule has 0 fully saturated rings. The zero-order chi connectivity index (χ0) is 10.1. The predicted molar refractivity (Wildman–Crippen MR) is 61.3 cm³/mol. The molecular weight excluding hydrogens is 170 g/mol. The first-order chi connectivity index (χ1) is 6.72. The van der Waals surface area contributed by atoms with E-state index in [4.69, 9.17) is 0 Å². The van der Waals surface area contributed by atoms with Gasteiger partial charge in [-0.1, -0.05) is 12.7 Å². The van der Waals surface area contributed by atoms with E-state index in [1.165, 1.54) is 22.1 Å². The maximum absolute atomic E-state index is 4.34. The summed E-state index contributed by atoms with van der Waals surface area (Å²) in [6.07, 6.45) is 3.74. The summed E-state index contributed by atoms with van der Waals surface area (Å²) in [4.78, 5) is 4.34. The SMILES string of the molecule is C=Cc1cc2c(C)ccnc2cc1C. The van der Waals surface area contributed by atoms with Gasteiger partial charge in [-0.15, -0.1) is 0 Å². The van der Waals surface area contributed by atoms with Gasteiger partial charge in [0.2, 0.25) is 0 Å². The van der Waals surface area contributed by atoms with E-state index in [0.29, 0.717) is 0 Å². The molecule has 1 nitrogen and oxygen atoms in total. The molecule has 0 aliphatic rings. The molecule has 0 aliphatic heterocycles. The monoisotopic (exact) mass is 183 g/mol. The normalized spacial score (nSPS) is 10.4. The van der Waals surface area contributed by atoms with Crippen LogP contribution in [0.25, 0.3) is 17.0 Å². The molecule has 0 bridgehead atoms. The molecule has 1 aromatic carbocycles. The van der Waals surface area contributed by atoms with Crippen molar-refractivity contribution in [1.29, 1.82) is 0 Å². The van der Waals surface area contributed by atoms with Gasteiger partial charge in [-0.05, 0) is 48.7 Å². The van der Waals surface area contributed by atoms with Gasteiger partial charge >= 0.3 is 0 Å². The average Bonchev–Trinajstić information content (AvgIpc) is 2.17. The number of nitrogens with zero attached hydrogens (tertiary/aromatic N) is 1. The van der Waals surface area contributed by atoms with E-state index in [-0.39, 0.29) is 0 Å². The lowest BCUT2D eigenvalue weighted by Gasteiger charge is -2.05. The lowest BCUT2D eigenvalue weighted by Crippen LogP contribution is -1.86. The minimum atomic E-state index is 1.06. The molecule has 0 spiro atoms. The number of pyridine rings is 1. The number of hydrogen-bond acceptors (Lipinski definition) is 1. The molecule has 0 radical (unpaired) electrons. The van der Waals surface area contributed by atoms with Gasteiger partial charge in [-0.3, -0.25) is 4.98 Å². The van der Waals surface area contributed by atoms with Crippen LogP contribution in [0.3, 0.4) is 0 Å². The van der Waals surface area contributed by atoms with Crippen LogP contribution >= 0.6 is 0 Å². The summed E-state index contributed by atoms with van der Waals surface area (Å²) in [5, 5.41) is 1.22. The Bertz CT molecular complexity index is 498. The first-order valence-electron chi connectivity index (χ1n) is 4.71. The van der Waals surface area contributed by atoms with Gasteiger partial charge in [0, 0.05) is 11.6 Å². The van der Waals surface area contributed by atoms with Crippen molar-refractivity contribution >= 4 is 17.0 Å². The first-order valence-corrected chi connectivity index (χ1v) is 4.71. The van der Waals surface area contributed by atoms with Crippen LogP contribution in [0.15, 0.2) is 31.0 Å². The summed E-state index contributed by atoms with van der Waals surface area (Å²) < 4.78 is 0. The molecule has 0 aliphatic carbocycles. The van der Waals surface area contributed by atoms with Crippen LogP contribution < -0.4 is 0 Å². The molecule has 1 heteroatoms. The van der Waals surface area contributed by atoms with Crippen LogP contribution in [0.5, 0.6) is 0 Å². The third-order valence-corrected chi connectivity index (χ3v) is 2.57. The molecule has 70 valence electrons. The molecule has 2 rings (SSSR count). The Labute approximate surface area is 84.1 Å². The van der Waals surface area contributed by atoms with Crippen molar-refractivity contribution in [1.82, 2.24) is 4.98 Å². The molecule has 0 saturated carbocycles.